The zero-order valence-corrected chi connectivity index (χ0v) is 15.3. The lowest BCUT2D eigenvalue weighted by atomic mass is 9.78. The average molecular weight is 400 g/mol. The third kappa shape index (κ3) is 4.40. The fourth-order valence-corrected chi connectivity index (χ4v) is 3.85. The van der Waals surface area contributed by atoms with Crippen molar-refractivity contribution in [2.24, 2.45) is 5.41 Å². The van der Waals surface area contributed by atoms with Crippen LogP contribution < -0.4 is 0 Å². The molecule has 28 heavy (non-hydrogen) atoms. The minimum atomic E-state index is -4.80. The predicted octanol–water partition coefficient (Wildman–Crippen LogP) is 2.67. The minimum Gasteiger partial charge on any atom is -0.434 e. The van der Waals surface area contributed by atoms with Crippen molar-refractivity contribution < 1.29 is 32.6 Å². The second kappa shape index (κ2) is 7.98. The van der Waals surface area contributed by atoms with Gasteiger partial charge in [0.15, 0.2) is 0 Å². The van der Waals surface area contributed by atoms with Crippen LogP contribution in [0.2, 0.25) is 0 Å². The fraction of sp³-hybridized carbons (Fsp3) is 0.579. The number of benzene rings is 1. The van der Waals surface area contributed by atoms with E-state index in [1.54, 1.807) is 17.0 Å². The van der Waals surface area contributed by atoms with Crippen molar-refractivity contribution in [1.82, 2.24) is 9.80 Å². The summed E-state index contributed by atoms with van der Waals surface area (Å²) in [4.78, 5) is 27.6. The van der Waals surface area contributed by atoms with E-state index in [0.717, 1.165) is 6.42 Å². The summed E-state index contributed by atoms with van der Waals surface area (Å²) in [6.07, 6.45) is -6.39. The number of aliphatic hydroxyl groups is 1. The molecule has 1 aromatic carbocycles. The number of carbonyl (C=O) groups is 2. The first kappa shape index (κ1) is 20.4. The van der Waals surface area contributed by atoms with E-state index in [0.29, 0.717) is 31.5 Å². The summed E-state index contributed by atoms with van der Waals surface area (Å²) in [6, 6.07) is 9.00. The molecule has 2 heterocycles. The van der Waals surface area contributed by atoms with Gasteiger partial charge in [0.25, 0.3) is 5.91 Å². The summed E-state index contributed by atoms with van der Waals surface area (Å²) in [5.74, 6) is -0.0321. The summed E-state index contributed by atoms with van der Waals surface area (Å²) < 4.78 is 42.4. The molecular formula is C19H23F3N2O4. The number of likely N-dealkylation sites (tertiary alicyclic amines) is 2. The molecule has 2 fully saturated rings. The number of halogens is 3. The lowest BCUT2D eigenvalue weighted by Crippen LogP contribution is -2.47. The van der Waals surface area contributed by atoms with Gasteiger partial charge in [0.1, 0.15) is 0 Å². The van der Waals surface area contributed by atoms with Crippen molar-refractivity contribution in [3.8, 4) is 0 Å². The Labute approximate surface area is 160 Å². The standard InChI is InChI=1S/C19H23F3N2O4/c20-19(21,22)15(12-25)28-17(27)23-9-6-18(7-10-23)8-11-24(13-18)16(26)14-4-2-1-3-5-14/h1-5,15,25H,6-13H2/t15-/m1/s1. The van der Waals surface area contributed by atoms with Gasteiger partial charge in [0, 0.05) is 31.7 Å². The highest BCUT2D eigenvalue weighted by Crippen LogP contribution is 2.41. The van der Waals surface area contributed by atoms with Gasteiger partial charge in [-0.05, 0) is 36.8 Å². The Hall–Kier alpha value is -2.29. The Morgan fingerprint density at radius 3 is 2.18 bits per heavy atom. The number of carbonyl (C=O) groups excluding carboxylic acids is 2. The Morgan fingerprint density at radius 2 is 1.64 bits per heavy atom. The summed E-state index contributed by atoms with van der Waals surface area (Å²) in [5.41, 5.74) is 0.504. The highest BCUT2D eigenvalue weighted by atomic mass is 19.4. The summed E-state index contributed by atoms with van der Waals surface area (Å²) in [5, 5.41) is 8.80. The van der Waals surface area contributed by atoms with E-state index in [1.807, 2.05) is 18.2 Å². The van der Waals surface area contributed by atoms with E-state index in [1.165, 1.54) is 4.90 Å². The van der Waals surface area contributed by atoms with E-state index < -0.39 is 25.0 Å². The molecule has 1 aromatic rings. The maximum absolute atomic E-state index is 12.7. The molecule has 9 heteroatoms. The van der Waals surface area contributed by atoms with Gasteiger partial charge >= 0.3 is 12.3 Å². The first-order chi connectivity index (χ1) is 13.2. The molecule has 0 unspecified atom stereocenters. The molecule has 0 saturated carbocycles. The second-order valence-electron chi connectivity index (χ2n) is 7.43. The van der Waals surface area contributed by atoms with Crippen LogP contribution in [0.1, 0.15) is 29.6 Å². The Morgan fingerprint density at radius 1 is 1.07 bits per heavy atom. The van der Waals surface area contributed by atoms with Gasteiger partial charge in [-0.15, -0.1) is 0 Å². The molecule has 2 aliphatic heterocycles. The van der Waals surface area contributed by atoms with Crippen molar-refractivity contribution in [1.29, 1.82) is 0 Å². The number of rotatable bonds is 3. The number of ether oxygens (including phenoxy) is 1. The number of aliphatic hydroxyl groups excluding tert-OH is 1. The van der Waals surface area contributed by atoms with Crippen LogP contribution in [0.4, 0.5) is 18.0 Å². The molecule has 3 rings (SSSR count). The van der Waals surface area contributed by atoms with Gasteiger partial charge in [-0.2, -0.15) is 13.2 Å². The largest absolute Gasteiger partial charge is 0.434 e. The molecule has 1 N–H and O–H groups in total. The molecule has 0 radical (unpaired) electrons. The lowest BCUT2D eigenvalue weighted by Gasteiger charge is -2.39. The first-order valence-electron chi connectivity index (χ1n) is 9.22. The topological polar surface area (TPSA) is 70.1 Å². The van der Waals surface area contributed by atoms with E-state index in [-0.39, 0.29) is 24.4 Å². The van der Waals surface area contributed by atoms with Gasteiger partial charge in [0.2, 0.25) is 6.10 Å². The summed E-state index contributed by atoms with van der Waals surface area (Å²) in [6.45, 7) is 0.429. The van der Waals surface area contributed by atoms with Gasteiger partial charge in [0.05, 0.1) is 6.61 Å². The summed E-state index contributed by atoms with van der Waals surface area (Å²) in [7, 11) is 0. The first-order valence-corrected chi connectivity index (χ1v) is 9.22. The second-order valence-corrected chi connectivity index (χ2v) is 7.43. The van der Waals surface area contributed by atoms with Crippen molar-refractivity contribution in [2.45, 2.75) is 31.5 Å². The van der Waals surface area contributed by atoms with E-state index in [9.17, 15) is 22.8 Å². The van der Waals surface area contributed by atoms with Crippen LogP contribution in [0.15, 0.2) is 30.3 Å². The quantitative estimate of drug-likeness (QED) is 0.847. The van der Waals surface area contributed by atoms with Crippen molar-refractivity contribution in [2.75, 3.05) is 32.8 Å². The van der Waals surface area contributed by atoms with Crippen molar-refractivity contribution in [3.63, 3.8) is 0 Å². The van der Waals surface area contributed by atoms with Gasteiger partial charge in [-0.1, -0.05) is 18.2 Å². The van der Waals surface area contributed by atoms with Crippen LogP contribution in [-0.4, -0.2) is 72.0 Å². The number of alkyl halides is 3. The Balaban J connectivity index is 1.54. The van der Waals surface area contributed by atoms with Crippen molar-refractivity contribution >= 4 is 12.0 Å². The normalized spacial score (nSPS) is 20.3. The molecule has 2 amide bonds. The molecule has 6 nitrogen and oxygen atoms in total. The number of piperidine rings is 1. The lowest BCUT2D eigenvalue weighted by molar-refractivity contribution is -0.215. The summed E-state index contributed by atoms with van der Waals surface area (Å²) >= 11 is 0. The molecular weight excluding hydrogens is 377 g/mol. The number of hydrogen-bond acceptors (Lipinski definition) is 4. The maximum Gasteiger partial charge on any atom is 0.427 e. The average Bonchev–Trinajstić information content (AvgIpc) is 3.09. The minimum absolute atomic E-state index is 0.0321. The van der Waals surface area contributed by atoms with Crippen LogP contribution >= 0.6 is 0 Å². The van der Waals surface area contributed by atoms with Crippen molar-refractivity contribution in [3.05, 3.63) is 35.9 Å². The number of nitrogens with zero attached hydrogens (tertiary/aromatic N) is 2. The zero-order chi connectivity index (χ0) is 20.4. The number of amides is 2. The van der Waals surface area contributed by atoms with E-state index in [2.05, 4.69) is 4.74 Å². The van der Waals surface area contributed by atoms with Gasteiger partial charge in [-0.25, -0.2) is 4.79 Å². The third-order valence-corrected chi connectivity index (χ3v) is 5.60. The number of hydrogen-bond donors (Lipinski definition) is 1. The Bertz CT molecular complexity index is 703. The Kier molecular flexibility index (Phi) is 5.83. The molecule has 0 bridgehead atoms. The van der Waals surface area contributed by atoms with Crippen LogP contribution in [-0.2, 0) is 4.74 Å². The highest BCUT2D eigenvalue weighted by Gasteiger charge is 2.46. The molecule has 1 atom stereocenters. The van der Waals surface area contributed by atoms with Crippen LogP contribution in [0.5, 0.6) is 0 Å². The van der Waals surface area contributed by atoms with Gasteiger partial charge < -0.3 is 19.6 Å². The smallest absolute Gasteiger partial charge is 0.427 e. The van der Waals surface area contributed by atoms with Crippen LogP contribution in [0.25, 0.3) is 0 Å². The van der Waals surface area contributed by atoms with Crippen LogP contribution in [0, 0.1) is 5.41 Å². The third-order valence-electron chi connectivity index (χ3n) is 5.60. The molecule has 2 aliphatic rings. The monoisotopic (exact) mass is 400 g/mol. The van der Waals surface area contributed by atoms with E-state index >= 15 is 0 Å². The maximum atomic E-state index is 12.7. The molecule has 1 spiro atoms. The molecule has 2 saturated heterocycles. The highest BCUT2D eigenvalue weighted by molar-refractivity contribution is 5.94. The molecule has 154 valence electrons. The fourth-order valence-electron chi connectivity index (χ4n) is 3.85. The predicted molar refractivity (Wildman–Crippen MR) is 93.6 cm³/mol. The van der Waals surface area contributed by atoms with Crippen LogP contribution in [0.3, 0.4) is 0 Å². The van der Waals surface area contributed by atoms with E-state index in [4.69, 9.17) is 5.11 Å². The SMILES string of the molecule is O=C(O[C@H](CO)C(F)(F)F)N1CCC2(CC1)CCN(C(=O)c1ccccc1)C2. The molecule has 0 aromatic heterocycles. The molecule has 0 aliphatic carbocycles. The zero-order valence-electron chi connectivity index (χ0n) is 15.3. The van der Waals surface area contributed by atoms with Gasteiger partial charge in [-0.3, -0.25) is 4.79 Å².